The Morgan fingerprint density at radius 1 is 1.50 bits per heavy atom. The van der Waals surface area contributed by atoms with Crippen molar-refractivity contribution in [1.29, 1.82) is 0 Å². The molecule has 3 nitrogen and oxygen atoms in total. The van der Waals surface area contributed by atoms with Crippen molar-refractivity contribution in [2.75, 3.05) is 5.73 Å². The second-order valence-corrected chi connectivity index (χ2v) is 3.03. The summed E-state index contributed by atoms with van der Waals surface area (Å²) in [6.45, 7) is 2.13. The van der Waals surface area contributed by atoms with Gasteiger partial charge >= 0.3 is 0 Å². The first-order valence-corrected chi connectivity index (χ1v) is 4.39. The monoisotopic (exact) mass is 185 g/mol. The summed E-state index contributed by atoms with van der Waals surface area (Å²) in [5.74, 6) is 0.258. The first kappa shape index (κ1) is 9.26. The van der Waals surface area contributed by atoms with Gasteiger partial charge in [0.25, 0.3) is 0 Å². The molecule has 0 unspecified atom stereocenters. The van der Waals surface area contributed by atoms with Crippen molar-refractivity contribution >= 4 is 17.5 Å². The summed E-state index contributed by atoms with van der Waals surface area (Å²) >= 11 is 5.70. The number of aryl methyl sites for hydroxylation is 1. The molecule has 4 heteroatoms. The molecule has 0 bridgehead atoms. The van der Waals surface area contributed by atoms with Crippen LogP contribution in [0.15, 0.2) is 6.07 Å². The Bertz CT molecular complexity index is 242. The van der Waals surface area contributed by atoms with Gasteiger partial charge in [-0.05, 0) is 18.9 Å². The Labute approximate surface area is 77.0 Å². The van der Waals surface area contributed by atoms with Crippen molar-refractivity contribution < 1.29 is 0 Å². The van der Waals surface area contributed by atoms with Gasteiger partial charge in [-0.1, -0.05) is 24.9 Å². The first-order chi connectivity index (χ1) is 5.72. The lowest BCUT2D eigenvalue weighted by atomic mass is 10.2. The predicted octanol–water partition coefficient (Wildman–Crippen LogP) is 2.05. The van der Waals surface area contributed by atoms with Crippen molar-refractivity contribution in [2.45, 2.75) is 26.2 Å². The van der Waals surface area contributed by atoms with Crippen LogP contribution in [-0.2, 0) is 6.42 Å². The highest BCUT2D eigenvalue weighted by Crippen LogP contribution is 2.10. The fourth-order valence-electron chi connectivity index (χ4n) is 0.970. The Kier molecular flexibility index (Phi) is 3.29. The largest absolute Gasteiger partial charge is 0.368 e. The number of nitrogens with two attached hydrogens (primary N) is 1. The SMILES string of the molecule is CCCCc1cc(Cl)nc(N)n1. The lowest BCUT2D eigenvalue weighted by molar-refractivity contribution is 0.775. The molecule has 0 aliphatic heterocycles. The normalized spacial score (nSPS) is 10.2. The van der Waals surface area contributed by atoms with Gasteiger partial charge in [-0.25, -0.2) is 9.97 Å². The molecule has 12 heavy (non-hydrogen) atoms. The molecule has 2 N–H and O–H groups in total. The minimum absolute atomic E-state index is 0.258. The zero-order chi connectivity index (χ0) is 8.97. The van der Waals surface area contributed by atoms with Crippen LogP contribution in [0.5, 0.6) is 0 Å². The average molecular weight is 186 g/mol. The van der Waals surface area contributed by atoms with Crippen LogP contribution >= 0.6 is 11.6 Å². The van der Waals surface area contributed by atoms with E-state index in [4.69, 9.17) is 17.3 Å². The van der Waals surface area contributed by atoms with Gasteiger partial charge in [0.1, 0.15) is 5.15 Å². The molecule has 0 fully saturated rings. The molecule has 1 heterocycles. The minimum Gasteiger partial charge on any atom is -0.368 e. The number of nitrogen functional groups attached to an aromatic ring is 1. The number of nitrogens with zero attached hydrogens (tertiary/aromatic N) is 2. The summed E-state index contributed by atoms with van der Waals surface area (Å²) in [6.07, 6.45) is 3.16. The summed E-state index contributed by atoms with van der Waals surface area (Å²) in [6, 6.07) is 1.76. The molecule has 0 saturated heterocycles. The number of anilines is 1. The highest BCUT2D eigenvalue weighted by Gasteiger charge is 1.99. The highest BCUT2D eigenvalue weighted by molar-refractivity contribution is 6.29. The van der Waals surface area contributed by atoms with E-state index in [1.807, 2.05) is 0 Å². The fourth-order valence-corrected chi connectivity index (χ4v) is 1.18. The molecular formula is C8H12ClN3. The van der Waals surface area contributed by atoms with Gasteiger partial charge in [0, 0.05) is 5.69 Å². The van der Waals surface area contributed by atoms with E-state index in [1.54, 1.807) is 6.07 Å². The maximum atomic E-state index is 5.70. The van der Waals surface area contributed by atoms with Gasteiger partial charge < -0.3 is 5.73 Å². The third-order valence-corrected chi connectivity index (χ3v) is 1.75. The Morgan fingerprint density at radius 2 is 2.25 bits per heavy atom. The van der Waals surface area contributed by atoms with E-state index in [0.29, 0.717) is 5.15 Å². The minimum atomic E-state index is 0.258. The van der Waals surface area contributed by atoms with Crippen LogP contribution in [0.25, 0.3) is 0 Å². The summed E-state index contributed by atoms with van der Waals surface area (Å²) in [7, 11) is 0. The third-order valence-electron chi connectivity index (χ3n) is 1.55. The summed E-state index contributed by atoms with van der Waals surface area (Å²) in [5, 5.41) is 0.425. The van der Waals surface area contributed by atoms with E-state index in [-0.39, 0.29) is 5.95 Å². The number of halogens is 1. The third kappa shape index (κ3) is 2.66. The molecule has 0 atom stereocenters. The van der Waals surface area contributed by atoms with E-state index in [0.717, 1.165) is 25.0 Å². The van der Waals surface area contributed by atoms with Crippen LogP contribution in [0.2, 0.25) is 5.15 Å². The van der Waals surface area contributed by atoms with Crippen molar-refractivity contribution in [3.05, 3.63) is 16.9 Å². The van der Waals surface area contributed by atoms with E-state index < -0.39 is 0 Å². The first-order valence-electron chi connectivity index (χ1n) is 4.01. The molecule has 0 aliphatic rings. The Balaban J connectivity index is 2.72. The van der Waals surface area contributed by atoms with Crippen LogP contribution in [0.3, 0.4) is 0 Å². The molecular weight excluding hydrogens is 174 g/mol. The zero-order valence-electron chi connectivity index (χ0n) is 7.05. The van der Waals surface area contributed by atoms with Crippen LogP contribution in [-0.4, -0.2) is 9.97 Å². The molecule has 0 radical (unpaired) electrons. The smallest absolute Gasteiger partial charge is 0.221 e. The maximum absolute atomic E-state index is 5.70. The topological polar surface area (TPSA) is 51.8 Å². The van der Waals surface area contributed by atoms with Crippen molar-refractivity contribution in [3.8, 4) is 0 Å². The van der Waals surface area contributed by atoms with E-state index in [2.05, 4.69) is 16.9 Å². The number of unbranched alkanes of at least 4 members (excludes halogenated alkanes) is 1. The number of aromatic nitrogens is 2. The van der Waals surface area contributed by atoms with Gasteiger partial charge in [-0.3, -0.25) is 0 Å². The van der Waals surface area contributed by atoms with E-state index in [1.165, 1.54) is 0 Å². The summed E-state index contributed by atoms with van der Waals surface area (Å²) in [5.41, 5.74) is 6.35. The van der Waals surface area contributed by atoms with Gasteiger partial charge in [0.2, 0.25) is 5.95 Å². The molecule has 0 aromatic carbocycles. The van der Waals surface area contributed by atoms with Gasteiger partial charge in [0.15, 0.2) is 0 Å². The Hall–Kier alpha value is -0.830. The van der Waals surface area contributed by atoms with Gasteiger partial charge in [-0.2, -0.15) is 0 Å². The summed E-state index contributed by atoms with van der Waals surface area (Å²) < 4.78 is 0. The predicted molar refractivity (Wildman–Crippen MR) is 50.1 cm³/mol. The molecule has 1 aromatic rings. The lowest BCUT2D eigenvalue weighted by Gasteiger charge is -2.00. The second kappa shape index (κ2) is 4.26. The molecule has 0 amide bonds. The van der Waals surface area contributed by atoms with Gasteiger partial charge in [-0.15, -0.1) is 0 Å². The highest BCUT2D eigenvalue weighted by atomic mass is 35.5. The molecule has 0 spiro atoms. The van der Waals surface area contributed by atoms with Crippen LogP contribution in [0.1, 0.15) is 25.5 Å². The van der Waals surface area contributed by atoms with Crippen LogP contribution in [0, 0.1) is 0 Å². The van der Waals surface area contributed by atoms with Crippen LogP contribution in [0.4, 0.5) is 5.95 Å². The van der Waals surface area contributed by atoms with Crippen LogP contribution < -0.4 is 5.73 Å². The average Bonchev–Trinajstić information content (AvgIpc) is 1.99. The molecule has 0 saturated carbocycles. The maximum Gasteiger partial charge on any atom is 0.221 e. The quantitative estimate of drug-likeness (QED) is 0.734. The fraction of sp³-hybridized carbons (Fsp3) is 0.500. The molecule has 66 valence electrons. The van der Waals surface area contributed by atoms with E-state index in [9.17, 15) is 0 Å². The second-order valence-electron chi connectivity index (χ2n) is 2.64. The number of hydrogen-bond donors (Lipinski definition) is 1. The molecule has 0 aliphatic carbocycles. The van der Waals surface area contributed by atoms with E-state index >= 15 is 0 Å². The number of rotatable bonds is 3. The summed E-state index contributed by atoms with van der Waals surface area (Å²) in [4.78, 5) is 7.83. The zero-order valence-corrected chi connectivity index (χ0v) is 7.80. The standard InChI is InChI=1S/C8H12ClN3/c1-2-3-4-6-5-7(9)12-8(10)11-6/h5H,2-4H2,1H3,(H2,10,11,12). The van der Waals surface area contributed by atoms with Crippen molar-refractivity contribution in [1.82, 2.24) is 9.97 Å². The van der Waals surface area contributed by atoms with Gasteiger partial charge in [0.05, 0.1) is 0 Å². The van der Waals surface area contributed by atoms with Crippen molar-refractivity contribution in [3.63, 3.8) is 0 Å². The Morgan fingerprint density at radius 3 is 2.83 bits per heavy atom. The van der Waals surface area contributed by atoms with Crippen molar-refractivity contribution in [2.24, 2.45) is 0 Å². The molecule has 1 aromatic heterocycles. The molecule has 1 rings (SSSR count). The lowest BCUT2D eigenvalue weighted by Crippen LogP contribution is -1.99. The number of hydrogen-bond acceptors (Lipinski definition) is 3.